The molecule has 0 radical (unpaired) electrons. The zero-order valence-corrected chi connectivity index (χ0v) is 12.8. The van der Waals surface area contributed by atoms with Crippen molar-refractivity contribution in [2.45, 2.75) is 38.0 Å². The third kappa shape index (κ3) is 3.64. The second kappa shape index (κ2) is 7.06. The van der Waals surface area contributed by atoms with Crippen LogP contribution in [0, 0.1) is 10.1 Å². The largest absolute Gasteiger partial charge is 0.486 e. The Kier molecular flexibility index (Phi) is 5.39. The second-order valence-corrected chi connectivity index (χ2v) is 5.43. The Morgan fingerprint density at radius 2 is 2.29 bits per heavy atom. The zero-order valence-electron chi connectivity index (χ0n) is 12.0. The lowest BCUT2D eigenvalue weighted by atomic mass is 9.85. The SMILES string of the molecule is CCCNC1CC(Oc2ccc([N+](=O)[O-])cc2Cl)C1OC. The Morgan fingerprint density at radius 1 is 1.52 bits per heavy atom. The molecule has 0 saturated heterocycles. The van der Waals surface area contributed by atoms with Crippen LogP contribution in [-0.4, -0.2) is 36.8 Å². The Balaban J connectivity index is 1.98. The summed E-state index contributed by atoms with van der Waals surface area (Å²) in [4.78, 5) is 10.2. The number of benzene rings is 1. The number of hydrogen-bond donors (Lipinski definition) is 1. The van der Waals surface area contributed by atoms with Crippen molar-refractivity contribution >= 4 is 17.3 Å². The molecule has 0 aromatic heterocycles. The summed E-state index contributed by atoms with van der Waals surface area (Å²) in [6.45, 7) is 3.05. The molecular formula is C14H19ClN2O4. The lowest BCUT2D eigenvalue weighted by molar-refractivity contribution is -0.384. The van der Waals surface area contributed by atoms with Crippen molar-refractivity contribution in [3.8, 4) is 5.75 Å². The van der Waals surface area contributed by atoms with Crippen molar-refractivity contribution < 1.29 is 14.4 Å². The van der Waals surface area contributed by atoms with Gasteiger partial charge in [0.2, 0.25) is 0 Å². The molecule has 3 atom stereocenters. The summed E-state index contributed by atoms with van der Waals surface area (Å²) in [5.41, 5.74) is -0.0493. The van der Waals surface area contributed by atoms with Crippen LogP contribution in [0.2, 0.25) is 5.02 Å². The molecule has 0 spiro atoms. The Hall–Kier alpha value is -1.37. The number of nitro benzene ring substituents is 1. The lowest BCUT2D eigenvalue weighted by Gasteiger charge is -2.43. The van der Waals surface area contributed by atoms with E-state index in [1.807, 2.05) is 0 Å². The summed E-state index contributed by atoms with van der Waals surface area (Å²) in [7, 11) is 1.65. The number of ether oxygens (including phenoxy) is 2. The van der Waals surface area contributed by atoms with E-state index in [1.54, 1.807) is 7.11 Å². The summed E-state index contributed by atoms with van der Waals surface area (Å²) in [5, 5.41) is 14.3. The fraction of sp³-hybridized carbons (Fsp3) is 0.571. The molecule has 2 rings (SSSR count). The van der Waals surface area contributed by atoms with Crippen LogP contribution in [0.5, 0.6) is 5.75 Å². The second-order valence-electron chi connectivity index (χ2n) is 5.02. The number of rotatable bonds is 7. The Labute approximate surface area is 128 Å². The monoisotopic (exact) mass is 314 g/mol. The van der Waals surface area contributed by atoms with Crippen LogP contribution in [0.3, 0.4) is 0 Å². The maximum Gasteiger partial charge on any atom is 0.271 e. The first-order valence-corrected chi connectivity index (χ1v) is 7.31. The summed E-state index contributed by atoms with van der Waals surface area (Å²) < 4.78 is 11.3. The van der Waals surface area contributed by atoms with Crippen LogP contribution >= 0.6 is 11.6 Å². The van der Waals surface area contributed by atoms with Crippen molar-refractivity contribution in [2.75, 3.05) is 13.7 Å². The first kappa shape index (κ1) is 16.0. The van der Waals surface area contributed by atoms with Crippen LogP contribution in [0.25, 0.3) is 0 Å². The maximum absolute atomic E-state index is 10.7. The van der Waals surface area contributed by atoms with E-state index in [1.165, 1.54) is 18.2 Å². The topological polar surface area (TPSA) is 73.6 Å². The van der Waals surface area contributed by atoms with Gasteiger partial charge in [-0.3, -0.25) is 10.1 Å². The van der Waals surface area contributed by atoms with E-state index >= 15 is 0 Å². The molecule has 116 valence electrons. The van der Waals surface area contributed by atoms with Gasteiger partial charge in [-0.2, -0.15) is 0 Å². The van der Waals surface area contributed by atoms with E-state index in [-0.39, 0.29) is 29.0 Å². The summed E-state index contributed by atoms with van der Waals surface area (Å²) in [6.07, 6.45) is 1.75. The number of non-ortho nitro benzene ring substituents is 1. The molecule has 1 aromatic carbocycles. The fourth-order valence-electron chi connectivity index (χ4n) is 2.40. The van der Waals surface area contributed by atoms with Crippen molar-refractivity contribution in [2.24, 2.45) is 0 Å². The average Bonchev–Trinajstić information content (AvgIpc) is 2.43. The van der Waals surface area contributed by atoms with Gasteiger partial charge in [0.15, 0.2) is 0 Å². The number of nitro groups is 1. The van der Waals surface area contributed by atoms with Crippen LogP contribution in [0.4, 0.5) is 5.69 Å². The molecule has 7 heteroatoms. The highest BCUT2D eigenvalue weighted by atomic mass is 35.5. The van der Waals surface area contributed by atoms with Gasteiger partial charge in [-0.1, -0.05) is 18.5 Å². The van der Waals surface area contributed by atoms with Crippen LogP contribution in [0.15, 0.2) is 18.2 Å². The minimum Gasteiger partial charge on any atom is -0.486 e. The van der Waals surface area contributed by atoms with Gasteiger partial charge in [-0.05, 0) is 19.0 Å². The van der Waals surface area contributed by atoms with Gasteiger partial charge in [-0.15, -0.1) is 0 Å². The third-order valence-electron chi connectivity index (χ3n) is 3.58. The average molecular weight is 315 g/mol. The first-order chi connectivity index (χ1) is 10.1. The summed E-state index contributed by atoms with van der Waals surface area (Å²) in [5.74, 6) is 0.447. The normalized spacial score (nSPS) is 24.4. The molecule has 3 unspecified atom stereocenters. The minimum absolute atomic E-state index is 0.0391. The zero-order chi connectivity index (χ0) is 15.4. The van der Waals surface area contributed by atoms with Crippen LogP contribution in [0.1, 0.15) is 19.8 Å². The Morgan fingerprint density at radius 3 is 2.86 bits per heavy atom. The predicted molar refractivity (Wildman–Crippen MR) is 80.0 cm³/mol. The van der Waals surface area contributed by atoms with Crippen molar-refractivity contribution in [1.29, 1.82) is 0 Å². The van der Waals surface area contributed by atoms with E-state index in [0.29, 0.717) is 5.75 Å². The van der Waals surface area contributed by atoms with Gasteiger partial charge in [0, 0.05) is 31.7 Å². The molecule has 0 bridgehead atoms. The molecule has 0 amide bonds. The Bertz CT molecular complexity index is 512. The smallest absolute Gasteiger partial charge is 0.271 e. The molecule has 0 heterocycles. The number of nitrogens with one attached hydrogen (secondary N) is 1. The molecule has 1 saturated carbocycles. The molecular weight excluding hydrogens is 296 g/mol. The number of halogens is 1. The van der Waals surface area contributed by atoms with Gasteiger partial charge in [0.1, 0.15) is 18.0 Å². The van der Waals surface area contributed by atoms with Crippen molar-refractivity contribution in [3.63, 3.8) is 0 Å². The van der Waals surface area contributed by atoms with E-state index < -0.39 is 4.92 Å². The fourth-order valence-corrected chi connectivity index (χ4v) is 2.62. The molecule has 1 aliphatic rings. The van der Waals surface area contributed by atoms with Crippen molar-refractivity contribution in [3.05, 3.63) is 33.3 Å². The van der Waals surface area contributed by atoms with E-state index in [0.717, 1.165) is 19.4 Å². The third-order valence-corrected chi connectivity index (χ3v) is 3.88. The van der Waals surface area contributed by atoms with Crippen LogP contribution in [-0.2, 0) is 4.74 Å². The van der Waals surface area contributed by atoms with Gasteiger partial charge in [0.25, 0.3) is 5.69 Å². The minimum atomic E-state index is -0.484. The highest BCUT2D eigenvalue weighted by Gasteiger charge is 2.43. The molecule has 1 fully saturated rings. The highest BCUT2D eigenvalue weighted by Crippen LogP contribution is 2.34. The predicted octanol–water partition coefficient (Wildman–Crippen LogP) is 2.78. The van der Waals surface area contributed by atoms with Gasteiger partial charge in [0.05, 0.1) is 9.95 Å². The van der Waals surface area contributed by atoms with Gasteiger partial charge >= 0.3 is 0 Å². The van der Waals surface area contributed by atoms with E-state index in [2.05, 4.69) is 12.2 Å². The first-order valence-electron chi connectivity index (χ1n) is 6.93. The lowest BCUT2D eigenvalue weighted by Crippen LogP contribution is -2.61. The molecule has 1 aromatic rings. The number of hydrogen-bond acceptors (Lipinski definition) is 5. The number of methoxy groups -OCH3 is 1. The van der Waals surface area contributed by atoms with Crippen LogP contribution < -0.4 is 10.1 Å². The van der Waals surface area contributed by atoms with Gasteiger partial charge in [-0.25, -0.2) is 0 Å². The molecule has 1 aliphatic carbocycles. The number of nitrogens with zero attached hydrogens (tertiary/aromatic N) is 1. The summed E-state index contributed by atoms with van der Waals surface area (Å²) in [6, 6.07) is 4.48. The molecule has 21 heavy (non-hydrogen) atoms. The van der Waals surface area contributed by atoms with E-state index in [4.69, 9.17) is 21.1 Å². The van der Waals surface area contributed by atoms with E-state index in [9.17, 15) is 10.1 Å². The van der Waals surface area contributed by atoms with Gasteiger partial charge < -0.3 is 14.8 Å². The quantitative estimate of drug-likeness (QED) is 0.619. The standard InChI is InChI=1S/C14H19ClN2O4/c1-3-6-16-11-8-13(14(11)20-2)21-12-5-4-9(17(18)19)7-10(12)15/h4-5,7,11,13-14,16H,3,6,8H2,1-2H3. The summed E-state index contributed by atoms with van der Waals surface area (Å²) >= 11 is 6.02. The molecule has 0 aliphatic heterocycles. The molecule has 1 N–H and O–H groups in total. The van der Waals surface area contributed by atoms with Crippen molar-refractivity contribution in [1.82, 2.24) is 5.32 Å². The molecule has 6 nitrogen and oxygen atoms in total. The highest BCUT2D eigenvalue weighted by molar-refractivity contribution is 6.32. The maximum atomic E-state index is 10.7.